The van der Waals surface area contributed by atoms with E-state index in [1.54, 1.807) is 12.5 Å². The van der Waals surface area contributed by atoms with Crippen LogP contribution in [-0.2, 0) is 6.54 Å². The number of carbonyl (C=O) groups is 1. The maximum atomic E-state index is 12.8. The fourth-order valence-corrected chi connectivity index (χ4v) is 3.62. The minimum Gasteiger partial charge on any atom is -0.370 e. The lowest BCUT2D eigenvalue weighted by Crippen LogP contribution is -2.48. The molecular formula is C22H33N5O. The average molecular weight is 384 g/mol. The second-order valence-electron chi connectivity index (χ2n) is 8.69. The standard InChI is InChI=1S/C22H33N5O/c1-22(2,3)20(16-26-15-12-23-17-26)25-21(28)24-18-10-6-7-11-19(18)27-13-8-4-5-9-14-27/h6-7,10-12,15,17,20H,4-5,8-9,13-14,16H2,1-3H3,(H2,24,25,28)/t20-/m1/s1. The van der Waals surface area contributed by atoms with Gasteiger partial charge >= 0.3 is 6.03 Å². The van der Waals surface area contributed by atoms with Crippen LogP contribution in [-0.4, -0.2) is 34.7 Å². The van der Waals surface area contributed by atoms with Crippen molar-refractivity contribution in [3.63, 3.8) is 0 Å². The Hall–Kier alpha value is -2.50. The number of amides is 2. The Bertz CT molecular complexity index is 743. The molecular weight excluding hydrogens is 350 g/mol. The molecule has 0 aliphatic carbocycles. The molecule has 1 aromatic heterocycles. The molecule has 2 amide bonds. The molecule has 2 aromatic rings. The second kappa shape index (κ2) is 9.13. The number of para-hydroxylation sites is 2. The maximum absolute atomic E-state index is 12.8. The van der Waals surface area contributed by atoms with E-state index >= 15 is 0 Å². The number of anilines is 2. The quantitative estimate of drug-likeness (QED) is 0.799. The van der Waals surface area contributed by atoms with Crippen LogP contribution in [0.2, 0.25) is 0 Å². The van der Waals surface area contributed by atoms with E-state index in [2.05, 4.69) is 47.4 Å². The highest BCUT2D eigenvalue weighted by Gasteiger charge is 2.27. The first-order valence-electron chi connectivity index (χ1n) is 10.3. The number of hydrogen-bond acceptors (Lipinski definition) is 3. The Balaban J connectivity index is 1.69. The van der Waals surface area contributed by atoms with E-state index in [1.807, 2.05) is 29.0 Å². The summed E-state index contributed by atoms with van der Waals surface area (Å²) >= 11 is 0. The summed E-state index contributed by atoms with van der Waals surface area (Å²) in [6, 6.07) is 7.92. The monoisotopic (exact) mass is 383 g/mol. The number of benzene rings is 1. The minimum absolute atomic E-state index is 0.0213. The zero-order valence-corrected chi connectivity index (χ0v) is 17.3. The third kappa shape index (κ3) is 5.50. The summed E-state index contributed by atoms with van der Waals surface area (Å²) < 4.78 is 2.00. The molecule has 6 nitrogen and oxygen atoms in total. The van der Waals surface area contributed by atoms with Crippen LogP contribution >= 0.6 is 0 Å². The van der Waals surface area contributed by atoms with Gasteiger partial charge in [-0.2, -0.15) is 0 Å². The number of rotatable bonds is 5. The summed E-state index contributed by atoms with van der Waals surface area (Å²) in [6.07, 6.45) is 10.5. The van der Waals surface area contributed by atoms with Crippen molar-refractivity contribution in [2.75, 3.05) is 23.3 Å². The topological polar surface area (TPSA) is 62.2 Å². The summed E-state index contributed by atoms with van der Waals surface area (Å²) in [5, 5.41) is 6.26. The Morgan fingerprint density at radius 3 is 2.50 bits per heavy atom. The number of urea groups is 1. The molecule has 1 aromatic carbocycles. The second-order valence-corrected chi connectivity index (χ2v) is 8.69. The fourth-order valence-electron chi connectivity index (χ4n) is 3.62. The molecule has 2 N–H and O–H groups in total. The van der Waals surface area contributed by atoms with Crippen LogP contribution in [0.25, 0.3) is 0 Å². The van der Waals surface area contributed by atoms with Gasteiger partial charge in [0.25, 0.3) is 0 Å². The Labute approximate surface area is 168 Å². The molecule has 28 heavy (non-hydrogen) atoms. The predicted molar refractivity (Wildman–Crippen MR) is 115 cm³/mol. The van der Waals surface area contributed by atoms with Crippen molar-refractivity contribution in [3.05, 3.63) is 43.0 Å². The van der Waals surface area contributed by atoms with Crippen LogP contribution in [0.4, 0.5) is 16.2 Å². The summed E-state index contributed by atoms with van der Waals surface area (Å²) in [4.78, 5) is 19.3. The smallest absolute Gasteiger partial charge is 0.319 e. The Morgan fingerprint density at radius 2 is 1.86 bits per heavy atom. The molecule has 0 radical (unpaired) electrons. The van der Waals surface area contributed by atoms with E-state index < -0.39 is 0 Å². The fraction of sp³-hybridized carbons (Fsp3) is 0.545. The molecule has 0 bridgehead atoms. The maximum Gasteiger partial charge on any atom is 0.319 e. The van der Waals surface area contributed by atoms with Gasteiger partial charge in [0.2, 0.25) is 0 Å². The first kappa shape index (κ1) is 20.2. The molecule has 0 saturated carbocycles. The normalized spacial score (nSPS) is 16.3. The number of carbonyl (C=O) groups excluding carboxylic acids is 1. The van der Waals surface area contributed by atoms with E-state index in [0.717, 1.165) is 24.5 Å². The molecule has 2 heterocycles. The first-order chi connectivity index (χ1) is 13.4. The third-order valence-corrected chi connectivity index (χ3v) is 5.40. The van der Waals surface area contributed by atoms with Crippen molar-refractivity contribution in [2.24, 2.45) is 5.41 Å². The largest absolute Gasteiger partial charge is 0.370 e. The number of hydrogen-bond donors (Lipinski definition) is 2. The predicted octanol–water partition coefficient (Wildman–Crippen LogP) is 4.50. The lowest BCUT2D eigenvalue weighted by atomic mass is 9.86. The zero-order chi connectivity index (χ0) is 20.0. The van der Waals surface area contributed by atoms with Crippen molar-refractivity contribution in [1.29, 1.82) is 0 Å². The van der Waals surface area contributed by atoms with Gasteiger partial charge in [0.15, 0.2) is 0 Å². The lowest BCUT2D eigenvalue weighted by Gasteiger charge is -2.32. The van der Waals surface area contributed by atoms with Crippen molar-refractivity contribution in [1.82, 2.24) is 14.9 Å². The average Bonchev–Trinajstić information content (AvgIpc) is 3.01. The summed E-state index contributed by atoms with van der Waals surface area (Å²) in [7, 11) is 0. The lowest BCUT2D eigenvalue weighted by molar-refractivity contribution is 0.219. The summed E-state index contributed by atoms with van der Waals surface area (Å²) in [5.74, 6) is 0. The van der Waals surface area contributed by atoms with Crippen LogP contribution in [0.15, 0.2) is 43.0 Å². The third-order valence-electron chi connectivity index (χ3n) is 5.40. The molecule has 152 valence electrons. The number of imidazole rings is 1. The molecule has 1 fully saturated rings. The van der Waals surface area contributed by atoms with E-state index in [0.29, 0.717) is 6.54 Å². The van der Waals surface area contributed by atoms with Crippen molar-refractivity contribution in [3.8, 4) is 0 Å². The van der Waals surface area contributed by atoms with E-state index in [4.69, 9.17) is 0 Å². The summed E-state index contributed by atoms with van der Waals surface area (Å²) in [6.45, 7) is 9.20. The van der Waals surface area contributed by atoms with Crippen LogP contribution in [0.5, 0.6) is 0 Å². The van der Waals surface area contributed by atoms with Gasteiger partial charge in [-0.05, 0) is 30.4 Å². The number of nitrogens with one attached hydrogen (secondary N) is 2. The van der Waals surface area contributed by atoms with Crippen LogP contribution < -0.4 is 15.5 Å². The molecule has 1 atom stereocenters. The van der Waals surface area contributed by atoms with E-state index in [1.165, 1.54) is 25.7 Å². The minimum atomic E-state index is -0.165. The van der Waals surface area contributed by atoms with Crippen molar-refractivity contribution < 1.29 is 4.79 Å². The van der Waals surface area contributed by atoms with E-state index in [-0.39, 0.29) is 17.5 Å². The highest BCUT2D eigenvalue weighted by molar-refractivity contribution is 5.93. The molecule has 1 aliphatic rings. The highest BCUT2D eigenvalue weighted by atomic mass is 16.2. The van der Waals surface area contributed by atoms with Crippen molar-refractivity contribution >= 4 is 17.4 Å². The van der Waals surface area contributed by atoms with Gasteiger partial charge in [-0.25, -0.2) is 9.78 Å². The first-order valence-corrected chi connectivity index (χ1v) is 10.3. The van der Waals surface area contributed by atoms with Gasteiger partial charge in [-0.3, -0.25) is 0 Å². The molecule has 0 spiro atoms. The SMILES string of the molecule is CC(C)(C)[C@@H](Cn1ccnc1)NC(=O)Nc1ccccc1N1CCCCCC1. The van der Waals surface area contributed by atoms with Crippen LogP contribution in [0, 0.1) is 5.41 Å². The molecule has 0 unspecified atom stereocenters. The van der Waals surface area contributed by atoms with Gasteiger partial charge in [-0.1, -0.05) is 45.7 Å². The summed E-state index contributed by atoms with van der Waals surface area (Å²) in [5.41, 5.74) is 1.91. The molecule has 3 rings (SSSR count). The van der Waals surface area contributed by atoms with Gasteiger partial charge in [0.05, 0.1) is 23.7 Å². The Kier molecular flexibility index (Phi) is 6.60. The molecule has 6 heteroatoms. The van der Waals surface area contributed by atoms with Gasteiger partial charge in [0, 0.05) is 32.0 Å². The Morgan fingerprint density at radius 1 is 1.14 bits per heavy atom. The van der Waals surface area contributed by atoms with Crippen molar-refractivity contribution in [2.45, 2.75) is 59.0 Å². The zero-order valence-electron chi connectivity index (χ0n) is 17.3. The van der Waals surface area contributed by atoms with E-state index in [9.17, 15) is 4.79 Å². The molecule has 1 saturated heterocycles. The molecule has 1 aliphatic heterocycles. The number of nitrogens with zero attached hydrogens (tertiary/aromatic N) is 3. The van der Waals surface area contributed by atoms with Gasteiger partial charge in [-0.15, -0.1) is 0 Å². The number of aromatic nitrogens is 2. The van der Waals surface area contributed by atoms with Crippen LogP contribution in [0.1, 0.15) is 46.5 Å². The van der Waals surface area contributed by atoms with Gasteiger partial charge in [0.1, 0.15) is 0 Å². The highest BCUT2D eigenvalue weighted by Crippen LogP contribution is 2.28. The van der Waals surface area contributed by atoms with Crippen LogP contribution in [0.3, 0.4) is 0 Å². The van der Waals surface area contributed by atoms with Gasteiger partial charge < -0.3 is 20.1 Å².